The largest absolute Gasteiger partial charge is 0.409 e. The van der Waals surface area contributed by atoms with Crippen LogP contribution in [-0.2, 0) is 13.0 Å². The fourth-order valence-corrected chi connectivity index (χ4v) is 2.03. The summed E-state index contributed by atoms with van der Waals surface area (Å²) in [6.07, 6.45) is 2.46. The van der Waals surface area contributed by atoms with Crippen molar-refractivity contribution in [2.45, 2.75) is 19.9 Å². The first-order valence-electron chi connectivity index (χ1n) is 6.73. The van der Waals surface area contributed by atoms with E-state index in [1.54, 1.807) is 12.4 Å². The second-order valence-corrected chi connectivity index (χ2v) is 4.76. The van der Waals surface area contributed by atoms with E-state index < -0.39 is 0 Å². The molecule has 1 aromatic heterocycles. The van der Waals surface area contributed by atoms with Crippen molar-refractivity contribution >= 4 is 11.7 Å². The van der Waals surface area contributed by atoms with Gasteiger partial charge in [0.1, 0.15) is 12.1 Å². The van der Waals surface area contributed by atoms with E-state index >= 15 is 0 Å². The minimum atomic E-state index is 0.106. The molecule has 0 amide bonds. The molecule has 0 aliphatic carbocycles. The third-order valence-corrected chi connectivity index (χ3v) is 3.21. The lowest BCUT2D eigenvalue weighted by molar-refractivity contribution is 0.318. The highest BCUT2D eigenvalue weighted by Crippen LogP contribution is 2.14. The number of rotatable bonds is 5. The van der Waals surface area contributed by atoms with Crippen molar-refractivity contribution in [3.63, 3.8) is 0 Å². The molecule has 1 heterocycles. The lowest BCUT2D eigenvalue weighted by Crippen LogP contribution is -2.19. The molecule has 0 radical (unpaired) electrons. The zero-order valence-electron chi connectivity index (χ0n) is 12.2. The molecule has 0 saturated carbocycles. The highest BCUT2D eigenvalue weighted by molar-refractivity contribution is 5.97. The van der Waals surface area contributed by atoms with Gasteiger partial charge < -0.3 is 15.8 Å². The molecule has 0 fully saturated rings. The lowest BCUT2D eigenvalue weighted by Gasteiger charge is -2.18. The Morgan fingerprint density at radius 1 is 1.33 bits per heavy atom. The van der Waals surface area contributed by atoms with Gasteiger partial charge in [0, 0.05) is 30.9 Å². The fourth-order valence-electron chi connectivity index (χ4n) is 2.03. The normalized spacial score (nSPS) is 11.4. The summed E-state index contributed by atoms with van der Waals surface area (Å²) in [5.74, 6) is 0.978. The number of anilines is 1. The highest BCUT2D eigenvalue weighted by Gasteiger charge is 2.06. The zero-order chi connectivity index (χ0) is 15.2. The minimum absolute atomic E-state index is 0.106. The second-order valence-electron chi connectivity index (χ2n) is 4.76. The molecule has 110 valence electrons. The van der Waals surface area contributed by atoms with Crippen LogP contribution in [0, 0.1) is 0 Å². The Labute approximate surface area is 123 Å². The van der Waals surface area contributed by atoms with Gasteiger partial charge in [0.2, 0.25) is 0 Å². The molecule has 3 N–H and O–H groups in total. The number of oxime groups is 1. The molecule has 2 rings (SSSR count). The summed E-state index contributed by atoms with van der Waals surface area (Å²) in [4.78, 5) is 10.5. The third-order valence-electron chi connectivity index (χ3n) is 3.21. The summed E-state index contributed by atoms with van der Waals surface area (Å²) in [6.45, 7) is 2.74. The number of aryl methyl sites for hydroxylation is 1. The van der Waals surface area contributed by atoms with Crippen molar-refractivity contribution in [1.82, 2.24) is 9.97 Å². The first-order valence-corrected chi connectivity index (χ1v) is 6.73. The van der Waals surface area contributed by atoms with Crippen LogP contribution in [-0.4, -0.2) is 28.1 Å². The van der Waals surface area contributed by atoms with Crippen molar-refractivity contribution in [3.05, 3.63) is 53.5 Å². The topological polar surface area (TPSA) is 87.6 Å². The predicted octanol–water partition coefficient (Wildman–Crippen LogP) is 1.77. The van der Waals surface area contributed by atoms with E-state index in [-0.39, 0.29) is 5.84 Å². The molecule has 0 aliphatic rings. The number of hydrogen-bond acceptors (Lipinski definition) is 5. The Hall–Kier alpha value is -2.63. The van der Waals surface area contributed by atoms with Gasteiger partial charge in [-0.3, -0.25) is 0 Å². The van der Waals surface area contributed by atoms with Crippen LogP contribution in [0.15, 0.2) is 41.8 Å². The molecular weight excluding hydrogens is 266 g/mol. The second kappa shape index (κ2) is 6.69. The maximum atomic E-state index is 8.73. The molecule has 0 bridgehead atoms. The van der Waals surface area contributed by atoms with Crippen LogP contribution in [0.1, 0.15) is 23.7 Å². The van der Waals surface area contributed by atoms with E-state index in [2.05, 4.69) is 22.0 Å². The first kappa shape index (κ1) is 14.8. The van der Waals surface area contributed by atoms with Gasteiger partial charge in [0.05, 0.1) is 0 Å². The number of nitrogens with two attached hydrogens (primary N) is 1. The SMILES string of the molecule is CCc1cc(N(C)Cc2cccc(C(N)=NO)c2)ncn1. The predicted molar refractivity (Wildman–Crippen MR) is 82.5 cm³/mol. The molecular formula is C15H19N5O. The number of aromatic nitrogens is 2. The van der Waals surface area contributed by atoms with Crippen LogP contribution in [0.4, 0.5) is 5.82 Å². The highest BCUT2D eigenvalue weighted by atomic mass is 16.4. The summed E-state index contributed by atoms with van der Waals surface area (Å²) < 4.78 is 0. The molecule has 0 saturated heterocycles. The summed E-state index contributed by atoms with van der Waals surface area (Å²) in [7, 11) is 1.97. The molecule has 2 aromatic rings. The van der Waals surface area contributed by atoms with E-state index in [1.165, 1.54) is 0 Å². The third kappa shape index (κ3) is 3.68. The van der Waals surface area contributed by atoms with Crippen LogP contribution in [0.2, 0.25) is 0 Å². The Morgan fingerprint density at radius 3 is 2.86 bits per heavy atom. The molecule has 6 nitrogen and oxygen atoms in total. The lowest BCUT2D eigenvalue weighted by atomic mass is 10.1. The molecule has 21 heavy (non-hydrogen) atoms. The molecule has 6 heteroatoms. The smallest absolute Gasteiger partial charge is 0.170 e. The summed E-state index contributed by atoms with van der Waals surface area (Å²) >= 11 is 0. The average Bonchev–Trinajstić information content (AvgIpc) is 2.54. The van der Waals surface area contributed by atoms with E-state index in [4.69, 9.17) is 10.9 Å². The van der Waals surface area contributed by atoms with Crippen molar-refractivity contribution in [2.75, 3.05) is 11.9 Å². The van der Waals surface area contributed by atoms with E-state index in [1.807, 2.05) is 36.2 Å². The Balaban J connectivity index is 2.17. The Bertz CT molecular complexity index is 641. The Kier molecular flexibility index (Phi) is 4.71. The average molecular weight is 285 g/mol. The quantitative estimate of drug-likeness (QED) is 0.378. The van der Waals surface area contributed by atoms with Crippen molar-refractivity contribution in [3.8, 4) is 0 Å². The van der Waals surface area contributed by atoms with Gasteiger partial charge in [-0.25, -0.2) is 9.97 Å². The van der Waals surface area contributed by atoms with Crippen LogP contribution >= 0.6 is 0 Å². The minimum Gasteiger partial charge on any atom is -0.409 e. The monoisotopic (exact) mass is 285 g/mol. The van der Waals surface area contributed by atoms with Crippen LogP contribution in [0.3, 0.4) is 0 Å². The van der Waals surface area contributed by atoms with Crippen LogP contribution < -0.4 is 10.6 Å². The van der Waals surface area contributed by atoms with Crippen molar-refractivity contribution in [2.24, 2.45) is 10.9 Å². The van der Waals surface area contributed by atoms with Gasteiger partial charge in [0.15, 0.2) is 5.84 Å². The van der Waals surface area contributed by atoms with Crippen LogP contribution in [0.25, 0.3) is 0 Å². The van der Waals surface area contributed by atoms with Crippen molar-refractivity contribution in [1.29, 1.82) is 0 Å². The number of amidine groups is 1. The molecule has 0 spiro atoms. The molecule has 0 aliphatic heterocycles. The van der Waals surface area contributed by atoms with Crippen molar-refractivity contribution < 1.29 is 5.21 Å². The standard InChI is InChI=1S/C15H19N5O/c1-3-13-8-14(18-10-17-13)20(2)9-11-5-4-6-12(7-11)15(16)19-21/h4-8,10,21H,3,9H2,1-2H3,(H2,16,19). The number of benzene rings is 1. The number of hydrogen-bond donors (Lipinski definition) is 2. The van der Waals surface area contributed by atoms with Gasteiger partial charge in [-0.1, -0.05) is 30.3 Å². The first-order chi connectivity index (χ1) is 10.1. The fraction of sp³-hybridized carbons (Fsp3) is 0.267. The van der Waals surface area contributed by atoms with Gasteiger partial charge in [-0.2, -0.15) is 0 Å². The van der Waals surface area contributed by atoms with Gasteiger partial charge >= 0.3 is 0 Å². The van der Waals surface area contributed by atoms with Gasteiger partial charge in [-0.05, 0) is 18.1 Å². The summed E-state index contributed by atoms with van der Waals surface area (Å²) in [5, 5.41) is 11.8. The van der Waals surface area contributed by atoms with Gasteiger partial charge in [0.25, 0.3) is 0 Å². The molecule has 1 aromatic carbocycles. The number of nitrogens with zero attached hydrogens (tertiary/aromatic N) is 4. The van der Waals surface area contributed by atoms with Gasteiger partial charge in [-0.15, -0.1) is 0 Å². The zero-order valence-corrected chi connectivity index (χ0v) is 12.2. The van der Waals surface area contributed by atoms with E-state index in [0.29, 0.717) is 12.1 Å². The summed E-state index contributed by atoms with van der Waals surface area (Å²) in [6, 6.07) is 9.56. The maximum absolute atomic E-state index is 8.73. The van der Waals surface area contributed by atoms with Crippen LogP contribution in [0.5, 0.6) is 0 Å². The maximum Gasteiger partial charge on any atom is 0.170 e. The summed E-state index contributed by atoms with van der Waals surface area (Å²) in [5.41, 5.74) is 8.37. The van der Waals surface area contributed by atoms with E-state index in [9.17, 15) is 0 Å². The molecule has 0 unspecified atom stereocenters. The molecule has 0 atom stereocenters. The van der Waals surface area contributed by atoms with E-state index in [0.717, 1.165) is 23.5 Å². The Morgan fingerprint density at radius 2 is 2.14 bits per heavy atom.